The molecule has 0 bridgehead atoms. The molecule has 0 atom stereocenters. The Balaban J connectivity index is 2.72. The third-order valence-corrected chi connectivity index (χ3v) is 1.51. The van der Waals surface area contributed by atoms with E-state index in [4.69, 9.17) is 21.4 Å². The lowest BCUT2D eigenvalue weighted by Gasteiger charge is -2.04. The second kappa shape index (κ2) is 4.16. The molecule has 0 unspecified atom stereocenters. The summed E-state index contributed by atoms with van der Waals surface area (Å²) in [6.07, 6.45) is 2.20. The van der Waals surface area contributed by atoms with E-state index in [2.05, 4.69) is 4.98 Å². The number of aromatic hydroxyl groups is 1. The highest BCUT2D eigenvalue weighted by Gasteiger charge is 2.02. The Morgan fingerprint density at radius 2 is 2.42 bits per heavy atom. The molecule has 1 aromatic rings. The van der Waals surface area contributed by atoms with Gasteiger partial charge in [0.25, 0.3) is 0 Å². The third kappa shape index (κ3) is 2.27. The van der Waals surface area contributed by atoms with E-state index in [1.165, 1.54) is 12.3 Å². The Morgan fingerprint density at radius 1 is 1.67 bits per heavy atom. The molecular weight excluding hydrogens is 178 g/mol. The Kier molecular flexibility index (Phi) is 3.17. The van der Waals surface area contributed by atoms with Gasteiger partial charge in [-0.1, -0.05) is 18.5 Å². The van der Waals surface area contributed by atoms with Crippen molar-refractivity contribution in [3.8, 4) is 11.6 Å². The molecule has 1 N–H and O–H groups in total. The number of pyridine rings is 1. The minimum atomic E-state index is 0.0452. The quantitative estimate of drug-likeness (QED) is 0.789. The SMILES string of the molecule is CCCOc1ncc(O)cc1Cl. The van der Waals surface area contributed by atoms with Crippen LogP contribution in [0, 0.1) is 0 Å². The molecule has 0 fully saturated rings. The van der Waals surface area contributed by atoms with Crippen molar-refractivity contribution in [2.24, 2.45) is 0 Å². The number of halogens is 1. The van der Waals surface area contributed by atoms with Crippen molar-refractivity contribution >= 4 is 11.6 Å². The maximum Gasteiger partial charge on any atom is 0.232 e. The van der Waals surface area contributed by atoms with Crippen LogP contribution in [0.4, 0.5) is 0 Å². The molecule has 0 amide bonds. The van der Waals surface area contributed by atoms with E-state index in [1.807, 2.05) is 6.92 Å². The second-order valence-corrected chi connectivity index (χ2v) is 2.74. The van der Waals surface area contributed by atoms with Gasteiger partial charge < -0.3 is 9.84 Å². The summed E-state index contributed by atoms with van der Waals surface area (Å²) in [5.74, 6) is 0.417. The van der Waals surface area contributed by atoms with E-state index in [-0.39, 0.29) is 5.75 Å². The van der Waals surface area contributed by atoms with Gasteiger partial charge in [0.2, 0.25) is 5.88 Å². The summed E-state index contributed by atoms with van der Waals surface area (Å²) < 4.78 is 5.19. The summed E-state index contributed by atoms with van der Waals surface area (Å²) >= 11 is 5.72. The summed E-state index contributed by atoms with van der Waals surface area (Å²) in [4.78, 5) is 3.81. The highest BCUT2D eigenvalue weighted by atomic mass is 35.5. The zero-order chi connectivity index (χ0) is 8.97. The van der Waals surface area contributed by atoms with Crippen LogP contribution in [-0.2, 0) is 0 Å². The first-order valence-corrected chi connectivity index (χ1v) is 4.09. The highest BCUT2D eigenvalue weighted by Crippen LogP contribution is 2.24. The van der Waals surface area contributed by atoms with Crippen molar-refractivity contribution in [1.29, 1.82) is 0 Å². The molecule has 0 saturated carbocycles. The molecule has 0 aliphatic rings. The van der Waals surface area contributed by atoms with Gasteiger partial charge in [-0.2, -0.15) is 0 Å². The van der Waals surface area contributed by atoms with Crippen LogP contribution in [0.25, 0.3) is 0 Å². The van der Waals surface area contributed by atoms with Crippen molar-refractivity contribution in [2.75, 3.05) is 6.61 Å². The number of aromatic nitrogens is 1. The van der Waals surface area contributed by atoms with Crippen LogP contribution in [0.5, 0.6) is 11.6 Å². The van der Waals surface area contributed by atoms with Crippen LogP contribution < -0.4 is 4.74 Å². The molecule has 66 valence electrons. The fraction of sp³-hybridized carbons (Fsp3) is 0.375. The summed E-state index contributed by atoms with van der Waals surface area (Å²) in [5.41, 5.74) is 0. The average Bonchev–Trinajstić information content (AvgIpc) is 2.03. The molecule has 0 aromatic carbocycles. The summed E-state index contributed by atoms with van der Waals surface area (Å²) in [5, 5.41) is 9.30. The molecule has 0 saturated heterocycles. The molecule has 0 spiro atoms. The second-order valence-electron chi connectivity index (χ2n) is 2.33. The molecule has 1 heterocycles. The van der Waals surface area contributed by atoms with Crippen LogP contribution in [0.3, 0.4) is 0 Å². The lowest BCUT2D eigenvalue weighted by molar-refractivity contribution is 0.304. The number of ether oxygens (including phenoxy) is 1. The Hall–Kier alpha value is -0.960. The number of hydrogen-bond acceptors (Lipinski definition) is 3. The zero-order valence-electron chi connectivity index (χ0n) is 6.75. The minimum absolute atomic E-state index is 0.0452. The summed E-state index contributed by atoms with van der Waals surface area (Å²) in [7, 11) is 0. The van der Waals surface area contributed by atoms with Crippen LogP contribution in [-0.4, -0.2) is 16.7 Å². The molecule has 1 aromatic heterocycles. The first kappa shape index (κ1) is 9.13. The minimum Gasteiger partial charge on any atom is -0.506 e. The Labute approximate surface area is 76.0 Å². The van der Waals surface area contributed by atoms with Gasteiger partial charge in [-0.15, -0.1) is 0 Å². The van der Waals surface area contributed by atoms with Crippen molar-refractivity contribution in [2.45, 2.75) is 13.3 Å². The lowest BCUT2D eigenvalue weighted by Crippen LogP contribution is -1.97. The highest BCUT2D eigenvalue weighted by molar-refractivity contribution is 6.31. The van der Waals surface area contributed by atoms with Crippen LogP contribution in [0.2, 0.25) is 5.02 Å². The van der Waals surface area contributed by atoms with Gasteiger partial charge in [-0.25, -0.2) is 4.98 Å². The first-order valence-electron chi connectivity index (χ1n) is 3.71. The standard InChI is InChI=1S/C8H10ClNO2/c1-2-3-12-8-7(9)4-6(11)5-10-8/h4-5,11H,2-3H2,1H3. The molecule has 3 nitrogen and oxygen atoms in total. The maximum atomic E-state index is 8.96. The normalized spacial score (nSPS) is 9.83. The molecule has 4 heteroatoms. The van der Waals surface area contributed by atoms with E-state index < -0.39 is 0 Å². The largest absolute Gasteiger partial charge is 0.506 e. The van der Waals surface area contributed by atoms with Crippen LogP contribution >= 0.6 is 11.6 Å². The van der Waals surface area contributed by atoms with E-state index in [0.29, 0.717) is 17.5 Å². The van der Waals surface area contributed by atoms with Crippen molar-refractivity contribution in [3.05, 3.63) is 17.3 Å². The summed E-state index contributed by atoms with van der Waals surface area (Å²) in [6, 6.07) is 1.40. The smallest absolute Gasteiger partial charge is 0.232 e. The van der Waals surface area contributed by atoms with Gasteiger partial charge in [-0.3, -0.25) is 0 Å². The van der Waals surface area contributed by atoms with E-state index in [1.54, 1.807) is 0 Å². The van der Waals surface area contributed by atoms with E-state index >= 15 is 0 Å². The van der Waals surface area contributed by atoms with Gasteiger partial charge in [0, 0.05) is 6.07 Å². The maximum absolute atomic E-state index is 8.96. The number of hydrogen-bond donors (Lipinski definition) is 1. The predicted octanol–water partition coefficient (Wildman–Crippen LogP) is 2.23. The molecular formula is C8H10ClNO2. The average molecular weight is 188 g/mol. The molecule has 0 radical (unpaired) electrons. The van der Waals surface area contributed by atoms with E-state index in [0.717, 1.165) is 6.42 Å². The number of rotatable bonds is 3. The van der Waals surface area contributed by atoms with Gasteiger partial charge >= 0.3 is 0 Å². The summed E-state index contributed by atoms with van der Waals surface area (Å²) in [6.45, 7) is 2.58. The predicted molar refractivity (Wildman–Crippen MR) is 46.7 cm³/mol. The van der Waals surface area contributed by atoms with Gasteiger partial charge in [0.1, 0.15) is 10.8 Å². The van der Waals surface area contributed by atoms with Gasteiger partial charge in [0.05, 0.1) is 12.8 Å². The fourth-order valence-electron chi connectivity index (χ4n) is 0.720. The van der Waals surface area contributed by atoms with E-state index in [9.17, 15) is 0 Å². The molecule has 0 aliphatic heterocycles. The van der Waals surface area contributed by atoms with Crippen molar-refractivity contribution in [1.82, 2.24) is 4.98 Å². The number of nitrogens with zero attached hydrogens (tertiary/aromatic N) is 1. The zero-order valence-corrected chi connectivity index (χ0v) is 7.51. The fourth-order valence-corrected chi connectivity index (χ4v) is 0.935. The van der Waals surface area contributed by atoms with Gasteiger partial charge in [-0.05, 0) is 6.42 Å². The molecule has 0 aliphatic carbocycles. The van der Waals surface area contributed by atoms with Crippen molar-refractivity contribution < 1.29 is 9.84 Å². The van der Waals surface area contributed by atoms with Gasteiger partial charge in [0.15, 0.2) is 0 Å². The van der Waals surface area contributed by atoms with Crippen molar-refractivity contribution in [3.63, 3.8) is 0 Å². The van der Waals surface area contributed by atoms with Crippen LogP contribution in [0.15, 0.2) is 12.3 Å². The topological polar surface area (TPSA) is 42.4 Å². The molecule has 1 rings (SSSR count). The Bertz CT molecular complexity index is 265. The Morgan fingerprint density at radius 3 is 3.00 bits per heavy atom. The first-order chi connectivity index (χ1) is 5.74. The lowest BCUT2D eigenvalue weighted by atomic mass is 10.4. The monoisotopic (exact) mass is 187 g/mol. The molecule has 12 heavy (non-hydrogen) atoms. The van der Waals surface area contributed by atoms with Crippen LogP contribution in [0.1, 0.15) is 13.3 Å². The third-order valence-electron chi connectivity index (χ3n) is 1.24.